The lowest BCUT2D eigenvalue weighted by Crippen LogP contribution is -2.04. The summed E-state index contributed by atoms with van der Waals surface area (Å²) in [5.74, 6) is 2.50. The standard InChI is InChI=1S/C25H28N4O2/c1-6-31-21-12-10-20(11-13-21)29-17(3)23-16(2)27-28-25(24(23)18(29)4)26-15-19-8-7-9-22(14-19)30-5/h7-14H,6,15H2,1-5H3,(H,26,28). The van der Waals surface area contributed by atoms with Crippen LogP contribution in [0.3, 0.4) is 0 Å². The number of ether oxygens (including phenoxy) is 2. The van der Waals surface area contributed by atoms with Crippen LogP contribution in [-0.4, -0.2) is 28.5 Å². The maximum Gasteiger partial charge on any atom is 0.158 e. The Morgan fingerprint density at radius 2 is 1.65 bits per heavy atom. The fraction of sp³-hybridized carbons (Fsp3) is 0.280. The van der Waals surface area contributed by atoms with Gasteiger partial charge in [0.05, 0.1) is 19.4 Å². The minimum atomic E-state index is 0.636. The molecule has 0 bridgehead atoms. The molecule has 2 aromatic carbocycles. The molecule has 2 aromatic heterocycles. The summed E-state index contributed by atoms with van der Waals surface area (Å²) in [4.78, 5) is 0. The molecule has 0 aliphatic heterocycles. The number of hydrogen-bond donors (Lipinski definition) is 1. The Kier molecular flexibility index (Phi) is 5.80. The van der Waals surface area contributed by atoms with Crippen LogP contribution in [0, 0.1) is 20.8 Å². The highest BCUT2D eigenvalue weighted by atomic mass is 16.5. The van der Waals surface area contributed by atoms with Gasteiger partial charge in [-0.3, -0.25) is 0 Å². The molecule has 0 amide bonds. The number of nitrogens with zero attached hydrogens (tertiary/aromatic N) is 3. The van der Waals surface area contributed by atoms with Gasteiger partial charge in [0.2, 0.25) is 0 Å². The molecular formula is C25H28N4O2. The van der Waals surface area contributed by atoms with Gasteiger partial charge in [-0.2, -0.15) is 5.10 Å². The van der Waals surface area contributed by atoms with Crippen LogP contribution in [0.5, 0.6) is 11.5 Å². The van der Waals surface area contributed by atoms with Crippen molar-refractivity contribution in [2.75, 3.05) is 19.0 Å². The summed E-state index contributed by atoms with van der Waals surface area (Å²) < 4.78 is 13.2. The first-order valence-corrected chi connectivity index (χ1v) is 10.5. The first kappa shape index (κ1) is 20.7. The number of methoxy groups -OCH3 is 1. The lowest BCUT2D eigenvalue weighted by Gasteiger charge is -2.11. The second kappa shape index (κ2) is 8.68. The van der Waals surface area contributed by atoms with Crippen LogP contribution in [0.4, 0.5) is 5.82 Å². The molecule has 4 aromatic rings. The molecule has 0 radical (unpaired) electrons. The third kappa shape index (κ3) is 3.93. The van der Waals surface area contributed by atoms with Gasteiger partial charge in [0.15, 0.2) is 5.82 Å². The zero-order chi connectivity index (χ0) is 22.0. The van der Waals surface area contributed by atoms with E-state index < -0.39 is 0 Å². The lowest BCUT2D eigenvalue weighted by molar-refractivity contribution is 0.340. The number of hydrogen-bond acceptors (Lipinski definition) is 5. The van der Waals surface area contributed by atoms with E-state index in [1.807, 2.05) is 44.2 Å². The Balaban J connectivity index is 1.74. The summed E-state index contributed by atoms with van der Waals surface area (Å²) in [7, 11) is 1.68. The monoisotopic (exact) mass is 416 g/mol. The quantitative estimate of drug-likeness (QED) is 0.439. The van der Waals surface area contributed by atoms with E-state index >= 15 is 0 Å². The van der Waals surface area contributed by atoms with Crippen LogP contribution in [0.25, 0.3) is 16.5 Å². The highest BCUT2D eigenvalue weighted by Gasteiger charge is 2.19. The molecule has 160 valence electrons. The van der Waals surface area contributed by atoms with Gasteiger partial charge in [0, 0.05) is 34.4 Å². The van der Waals surface area contributed by atoms with Crippen molar-refractivity contribution in [3.63, 3.8) is 0 Å². The zero-order valence-corrected chi connectivity index (χ0v) is 18.7. The van der Waals surface area contributed by atoms with Gasteiger partial charge in [0.25, 0.3) is 0 Å². The fourth-order valence-corrected chi connectivity index (χ4v) is 4.13. The summed E-state index contributed by atoms with van der Waals surface area (Å²) in [5, 5.41) is 14.6. The largest absolute Gasteiger partial charge is 0.497 e. The summed E-state index contributed by atoms with van der Waals surface area (Å²) in [6.45, 7) is 9.55. The second-order valence-corrected chi connectivity index (χ2v) is 7.52. The number of anilines is 1. The molecule has 0 saturated carbocycles. The van der Waals surface area contributed by atoms with Crippen molar-refractivity contribution in [1.29, 1.82) is 0 Å². The first-order chi connectivity index (χ1) is 15.0. The summed E-state index contributed by atoms with van der Waals surface area (Å²) in [6.07, 6.45) is 0. The zero-order valence-electron chi connectivity index (χ0n) is 18.7. The highest BCUT2D eigenvalue weighted by molar-refractivity contribution is 5.98. The Labute approximate surface area is 182 Å². The van der Waals surface area contributed by atoms with Gasteiger partial charge in [0.1, 0.15) is 11.5 Å². The summed E-state index contributed by atoms with van der Waals surface area (Å²) in [6, 6.07) is 16.2. The van der Waals surface area contributed by atoms with E-state index in [4.69, 9.17) is 9.47 Å². The Hall–Kier alpha value is -3.54. The Morgan fingerprint density at radius 3 is 2.35 bits per heavy atom. The summed E-state index contributed by atoms with van der Waals surface area (Å²) >= 11 is 0. The molecule has 1 N–H and O–H groups in total. The molecule has 0 unspecified atom stereocenters. The van der Waals surface area contributed by atoms with Crippen molar-refractivity contribution in [2.24, 2.45) is 0 Å². The minimum Gasteiger partial charge on any atom is -0.497 e. The third-order valence-electron chi connectivity index (χ3n) is 5.54. The van der Waals surface area contributed by atoms with Gasteiger partial charge >= 0.3 is 0 Å². The van der Waals surface area contributed by atoms with Gasteiger partial charge in [-0.25, -0.2) is 0 Å². The predicted octanol–water partition coefficient (Wildman–Crippen LogP) is 5.37. The fourth-order valence-electron chi connectivity index (χ4n) is 4.13. The van der Waals surface area contributed by atoms with Crippen molar-refractivity contribution in [1.82, 2.24) is 14.8 Å². The molecule has 0 saturated heterocycles. The number of benzene rings is 2. The van der Waals surface area contributed by atoms with Crippen molar-refractivity contribution in [3.8, 4) is 17.2 Å². The van der Waals surface area contributed by atoms with Gasteiger partial charge in [-0.1, -0.05) is 12.1 Å². The molecule has 0 aliphatic rings. The summed E-state index contributed by atoms with van der Waals surface area (Å²) in [5.41, 5.74) is 5.41. The Morgan fingerprint density at radius 1 is 0.903 bits per heavy atom. The normalized spacial score (nSPS) is 11.0. The number of aryl methyl sites for hydroxylation is 3. The third-order valence-corrected chi connectivity index (χ3v) is 5.54. The minimum absolute atomic E-state index is 0.636. The van der Waals surface area contributed by atoms with Gasteiger partial charge in [-0.05, 0) is 69.7 Å². The molecular weight excluding hydrogens is 388 g/mol. The van der Waals surface area contributed by atoms with Crippen molar-refractivity contribution < 1.29 is 9.47 Å². The second-order valence-electron chi connectivity index (χ2n) is 7.52. The molecule has 6 nitrogen and oxygen atoms in total. The van der Waals surface area contributed by atoms with Crippen molar-refractivity contribution in [2.45, 2.75) is 34.2 Å². The van der Waals surface area contributed by atoms with E-state index in [1.54, 1.807) is 7.11 Å². The van der Waals surface area contributed by atoms with Crippen molar-refractivity contribution in [3.05, 3.63) is 71.2 Å². The molecule has 31 heavy (non-hydrogen) atoms. The number of rotatable bonds is 7. The molecule has 0 atom stereocenters. The number of aromatic nitrogens is 3. The van der Waals surface area contributed by atoms with E-state index in [0.29, 0.717) is 13.2 Å². The molecule has 0 spiro atoms. The maximum absolute atomic E-state index is 5.60. The predicted molar refractivity (Wildman–Crippen MR) is 125 cm³/mol. The first-order valence-electron chi connectivity index (χ1n) is 10.5. The van der Waals surface area contributed by atoms with E-state index in [0.717, 1.165) is 56.4 Å². The van der Waals surface area contributed by atoms with Crippen LogP contribution in [0.2, 0.25) is 0 Å². The van der Waals surface area contributed by atoms with Crippen molar-refractivity contribution >= 4 is 16.6 Å². The average Bonchev–Trinajstić information content (AvgIpc) is 3.05. The van der Waals surface area contributed by atoms with Crippen LogP contribution < -0.4 is 14.8 Å². The van der Waals surface area contributed by atoms with E-state index in [1.165, 1.54) is 0 Å². The highest BCUT2D eigenvalue weighted by Crippen LogP contribution is 2.34. The topological polar surface area (TPSA) is 61.2 Å². The lowest BCUT2D eigenvalue weighted by atomic mass is 10.1. The molecule has 0 aliphatic carbocycles. The van der Waals surface area contributed by atoms with Crippen LogP contribution in [0.15, 0.2) is 48.5 Å². The van der Waals surface area contributed by atoms with E-state index in [9.17, 15) is 0 Å². The molecule has 0 fully saturated rings. The average molecular weight is 417 g/mol. The van der Waals surface area contributed by atoms with Crippen LogP contribution >= 0.6 is 0 Å². The van der Waals surface area contributed by atoms with E-state index in [-0.39, 0.29) is 0 Å². The number of fused-ring (bicyclic) bond motifs is 1. The number of nitrogens with one attached hydrogen (secondary N) is 1. The van der Waals surface area contributed by atoms with E-state index in [2.05, 4.69) is 52.1 Å². The van der Waals surface area contributed by atoms with Crippen LogP contribution in [-0.2, 0) is 6.54 Å². The van der Waals surface area contributed by atoms with Crippen LogP contribution in [0.1, 0.15) is 29.6 Å². The SMILES string of the molecule is CCOc1ccc(-n2c(C)c3c(C)nnc(NCc4cccc(OC)c4)c3c2C)cc1. The Bertz CT molecular complexity index is 1210. The molecule has 2 heterocycles. The van der Waals surface area contributed by atoms with Gasteiger partial charge in [-0.15, -0.1) is 5.10 Å². The smallest absolute Gasteiger partial charge is 0.158 e. The molecule has 4 rings (SSSR count). The van der Waals surface area contributed by atoms with Gasteiger partial charge < -0.3 is 19.4 Å². The maximum atomic E-state index is 5.60. The molecule has 6 heteroatoms.